The minimum atomic E-state index is -0.549. The number of nitrogens with zero attached hydrogens (tertiary/aromatic N) is 3. The van der Waals surface area contributed by atoms with Crippen molar-refractivity contribution in [1.82, 2.24) is 9.97 Å². The van der Waals surface area contributed by atoms with Gasteiger partial charge < -0.3 is 10.1 Å². The molecule has 0 aliphatic rings. The lowest BCUT2D eigenvalue weighted by Gasteiger charge is -2.13. The van der Waals surface area contributed by atoms with Crippen LogP contribution in [-0.4, -0.2) is 22.0 Å². The second kappa shape index (κ2) is 7.79. The van der Waals surface area contributed by atoms with Crippen LogP contribution in [0.4, 0.5) is 28.7 Å². The smallest absolute Gasteiger partial charge is 0.355 e. The lowest BCUT2D eigenvalue weighted by molar-refractivity contribution is -0.383. The van der Waals surface area contributed by atoms with E-state index in [1.807, 2.05) is 30.3 Å². The molecule has 0 amide bonds. The Hall–Kier alpha value is -3.88. The van der Waals surface area contributed by atoms with Crippen LogP contribution >= 0.6 is 0 Å². The highest BCUT2D eigenvalue weighted by molar-refractivity contribution is 5.76. The van der Waals surface area contributed by atoms with E-state index in [1.54, 1.807) is 24.3 Å². The molecule has 2 aromatic carbocycles. The largest absolute Gasteiger partial charge is 0.495 e. The third-order valence-corrected chi connectivity index (χ3v) is 3.46. The molecular formula is C17H16N6O3. The lowest BCUT2D eigenvalue weighted by atomic mass is 10.3. The zero-order valence-electron chi connectivity index (χ0n) is 13.8. The molecule has 0 aliphatic heterocycles. The number of nitrogens with one attached hydrogen (secondary N) is 3. The molecule has 26 heavy (non-hydrogen) atoms. The van der Waals surface area contributed by atoms with Crippen LogP contribution in [0, 0.1) is 10.1 Å². The van der Waals surface area contributed by atoms with Crippen molar-refractivity contribution in [3.8, 4) is 5.75 Å². The van der Waals surface area contributed by atoms with E-state index in [9.17, 15) is 10.1 Å². The van der Waals surface area contributed by atoms with Crippen molar-refractivity contribution in [1.29, 1.82) is 0 Å². The monoisotopic (exact) mass is 352 g/mol. The molecule has 9 heteroatoms. The molecule has 0 spiro atoms. The van der Waals surface area contributed by atoms with E-state index < -0.39 is 4.92 Å². The molecule has 132 valence electrons. The SMILES string of the molecule is COc1ccccc1Nc1ncnc(NNc2ccccc2)c1[N+](=O)[O-]. The van der Waals surface area contributed by atoms with E-state index in [0.29, 0.717) is 11.4 Å². The van der Waals surface area contributed by atoms with Crippen LogP contribution in [-0.2, 0) is 0 Å². The zero-order chi connectivity index (χ0) is 18.4. The highest BCUT2D eigenvalue weighted by Crippen LogP contribution is 2.34. The van der Waals surface area contributed by atoms with Crippen molar-refractivity contribution in [2.75, 3.05) is 23.3 Å². The molecule has 0 unspecified atom stereocenters. The number of nitro groups is 1. The van der Waals surface area contributed by atoms with Crippen molar-refractivity contribution in [3.05, 3.63) is 71.0 Å². The standard InChI is InChI=1S/C17H16N6O3/c1-26-14-10-6-5-9-13(14)20-16-15(23(24)25)17(19-11-18-16)22-21-12-7-3-2-4-8-12/h2-11,21H,1H3,(H2,18,19,20,22). The van der Waals surface area contributed by atoms with Crippen molar-refractivity contribution in [2.45, 2.75) is 0 Å². The Morgan fingerprint density at radius 2 is 1.65 bits per heavy atom. The fourth-order valence-electron chi connectivity index (χ4n) is 2.26. The summed E-state index contributed by atoms with van der Waals surface area (Å²) in [5.41, 5.74) is 6.62. The van der Waals surface area contributed by atoms with Crippen molar-refractivity contribution >= 4 is 28.7 Å². The van der Waals surface area contributed by atoms with Gasteiger partial charge in [-0.1, -0.05) is 30.3 Å². The first-order chi connectivity index (χ1) is 12.7. The Morgan fingerprint density at radius 3 is 2.38 bits per heavy atom. The Morgan fingerprint density at radius 1 is 0.962 bits per heavy atom. The maximum absolute atomic E-state index is 11.6. The van der Waals surface area contributed by atoms with E-state index in [4.69, 9.17) is 4.74 Å². The molecule has 0 fully saturated rings. The van der Waals surface area contributed by atoms with Gasteiger partial charge in [-0.05, 0) is 24.3 Å². The summed E-state index contributed by atoms with van der Waals surface area (Å²) < 4.78 is 5.25. The van der Waals surface area contributed by atoms with Gasteiger partial charge in [-0.3, -0.25) is 21.0 Å². The molecule has 9 nitrogen and oxygen atoms in total. The van der Waals surface area contributed by atoms with Crippen LogP contribution in [0.25, 0.3) is 0 Å². The maximum atomic E-state index is 11.6. The van der Waals surface area contributed by atoms with E-state index in [-0.39, 0.29) is 17.3 Å². The van der Waals surface area contributed by atoms with Gasteiger partial charge in [0.05, 0.1) is 23.4 Å². The molecule has 0 saturated carbocycles. The Kier molecular flexibility index (Phi) is 5.08. The molecular weight excluding hydrogens is 336 g/mol. The minimum Gasteiger partial charge on any atom is -0.495 e. The quantitative estimate of drug-likeness (QED) is 0.437. The second-order valence-electron chi connectivity index (χ2n) is 5.12. The highest BCUT2D eigenvalue weighted by atomic mass is 16.6. The highest BCUT2D eigenvalue weighted by Gasteiger charge is 2.23. The number of rotatable bonds is 7. The van der Waals surface area contributed by atoms with Gasteiger partial charge in [0.2, 0.25) is 11.6 Å². The predicted octanol–water partition coefficient (Wildman–Crippen LogP) is 3.58. The van der Waals surface area contributed by atoms with Crippen molar-refractivity contribution in [2.24, 2.45) is 0 Å². The third kappa shape index (κ3) is 3.78. The van der Waals surface area contributed by atoms with Crippen LogP contribution < -0.4 is 20.9 Å². The van der Waals surface area contributed by atoms with E-state index in [0.717, 1.165) is 5.69 Å². The number of methoxy groups -OCH3 is 1. The normalized spacial score (nSPS) is 10.0. The number of ether oxygens (including phenoxy) is 1. The zero-order valence-corrected chi connectivity index (χ0v) is 13.8. The van der Waals surface area contributed by atoms with Crippen molar-refractivity contribution in [3.63, 3.8) is 0 Å². The Balaban J connectivity index is 1.90. The second-order valence-corrected chi connectivity index (χ2v) is 5.12. The number of benzene rings is 2. The first-order valence-electron chi connectivity index (χ1n) is 7.65. The fourth-order valence-corrected chi connectivity index (χ4v) is 2.26. The van der Waals surface area contributed by atoms with Gasteiger partial charge >= 0.3 is 5.69 Å². The van der Waals surface area contributed by atoms with Gasteiger partial charge in [0, 0.05) is 0 Å². The number of anilines is 4. The van der Waals surface area contributed by atoms with Crippen LogP contribution in [0.2, 0.25) is 0 Å². The first kappa shape index (κ1) is 17.0. The summed E-state index contributed by atoms with van der Waals surface area (Å²) in [5.74, 6) is 0.621. The number of aromatic nitrogens is 2. The third-order valence-electron chi connectivity index (χ3n) is 3.46. The molecule has 3 aromatic rings. The summed E-state index contributed by atoms with van der Waals surface area (Å²) >= 11 is 0. The van der Waals surface area contributed by atoms with E-state index in [2.05, 4.69) is 26.1 Å². The molecule has 3 N–H and O–H groups in total. The molecule has 0 saturated heterocycles. The molecule has 0 bridgehead atoms. The first-order valence-corrected chi connectivity index (χ1v) is 7.65. The van der Waals surface area contributed by atoms with Crippen LogP contribution in [0.1, 0.15) is 0 Å². The van der Waals surface area contributed by atoms with Crippen LogP contribution in [0.15, 0.2) is 60.9 Å². The van der Waals surface area contributed by atoms with Crippen LogP contribution in [0.5, 0.6) is 5.75 Å². The molecule has 1 heterocycles. The molecule has 3 rings (SSSR count). The number of para-hydroxylation sites is 3. The Bertz CT molecular complexity index is 904. The number of hydrogen-bond acceptors (Lipinski definition) is 8. The molecule has 0 aliphatic carbocycles. The molecule has 1 aromatic heterocycles. The van der Waals surface area contributed by atoms with Gasteiger partial charge in [0.1, 0.15) is 12.1 Å². The molecule has 0 atom stereocenters. The van der Waals surface area contributed by atoms with Gasteiger partial charge in [0.25, 0.3) is 0 Å². The summed E-state index contributed by atoms with van der Waals surface area (Å²) in [7, 11) is 1.52. The van der Waals surface area contributed by atoms with Gasteiger partial charge in [0.15, 0.2) is 0 Å². The van der Waals surface area contributed by atoms with Crippen molar-refractivity contribution < 1.29 is 9.66 Å². The number of hydrazine groups is 1. The predicted molar refractivity (Wildman–Crippen MR) is 98.7 cm³/mol. The summed E-state index contributed by atoms with van der Waals surface area (Å²) in [4.78, 5) is 19.0. The maximum Gasteiger partial charge on any atom is 0.355 e. The average molecular weight is 352 g/mol. The summed E-state index contributed by atoms with van der Waals surface area (Å²) in [5, 5.41) is 14.5. The lowest BCUT2D eigenvalue weighted by Crippen LogP contribution is -2.13. The summed E-state index contributed by atoms with van der Waals surface area (Å²) in [6.07, 6.45) is 1.24. The van der Waals surface area contributed by atoms with E-state index in [1.165, 1.54) is 13.4 Å². The summed E-state index contributed by atoms with van der Waals surface area (Å²) in [6.45, 7) is 0. The Labute approximate surface area is 149 Å². The van der Waals surface area contributed by atoms with Gasteiger partial charge in [-0.15, -0.1) is 0 Å². The number of hydrogen-bond donors (Lipinski definition) is 3. The van der Waals surface area contributed by atoms with Gasteiger partial charge in [-0.25, -0.2) is 9.97 Å². The van der Waals surface area contributed by atoms with E-state index >= 15 is 0 Å². The minimum absolute atomic E-state index is 0.0336. The van der Waals surface area contributed by atoms with Crippen LogP contribution in [0.3, 0.4) is 0 Å². The topological polar surface area (TPSA) is 114 Å². The molecule has 0 radical (unpaired) electrons. The summed E-state index contributed by atoms with van der Waals surface area (Å²) in [6, 6.07) is 16.2. The fraction of sp³-hybridized carbons (Fsp3) is 0.0588. The van der Waals surface area contributed by atoms with Gasteiger partial charge in [-0.2, -0.15) is 0 Å². The average Bonchev–Trinajstić information content (AvgIpc) is 2.67.